The van der Waals surface area contributed by atoms with Gasteiger partial charge in [-0.3, -0.25) is 59.1 Å². The van der Waals surface area contributed by atoms with E-state index in [2.05, 4.69) is 16.0 Å². The molecule has 0 aromatic heterocycles. The topological polar surface area (TPSA) is 296 Å². The largest absolute Gasteiger partial charge is 0.461 e. The lowest BCUT2D eigenvalue weighted by Crippen LogP contribution is -2.07. The first-order valence-corrected chi connectivity index (χ1v) is 15.2. The number of esters is 3. The number of hydrogen-bond donors (Lipinski definition) is 3. The first-order valence-electron chi connectivity index (χ1n) is 15.2. The second kappa shape index (κ2) is 21.8. The van der Waals surface area contributed by atoms with Gasteiger partial charge in [0.05, 0.1) is 14.8 Å². The van der Waals surface area contributed by atoms with E-state index in [9.17, 15) is 59.1 Å². The molecule has 0 saturated carbocycles. The molecule has 288 valence electrons. The lowest BCUT2D eigenvalue weighted by atomic mass is 10.2. The molecule has 21 heteroatoms. The molecule has 3 aromatic rings. The Bertz CT molecular complexity index is 1710. The highest BCUT2D eigenvalue weighted by atomic mass is 16.6. The molecule has 0 spiro atoms. The van der Waals surface area contributed by atoms with E-state index >= 15 is 0 Å². The van der Waals surface area contributed by atoms with E-state index in [1.54, 1.807) is 0 Å². The van der Waals surface area contributed by atoms with Crippen molar-refractivity contribution in [3.63, 3.8) is 0 Å². The summed E-state index contributed by atoms with van der Waals surface area (Å²) in [5, 5.41) is 39.5. The van der Waals surface area contributed by atoms with Crippen LogP contribution >= 0.6 is 0 Å². The number of nitro benzene ring substituents is 3. The molecule has 3 rings (SSSR count). The van der Waals surface area contributed by atoms with Crippen molar-refractivity contribution in [2.75, 3.05) is 16.0 Å². The first kappa shape index (κ1) is 44.7. The molecule has 0 atom stereocenters. The molecular formula is C33H36N6O15. The van der Waals surface area contributed by atoms with E-state index in [1.165, 1.54) is 96.1 Å². The van der Waals surface area contributed by atoms with E-state index in [-0.39, 0.29) is 54.6 Å². The molecular weight excluding hydrogens is 720 g/mol. The number of nitrogens with zero attached hydrogens (tertiary/aromatic N) is 3. The number of rotatable bonds is 12. The minimum Gasteiger partial charge on any atom is -0.461 e. The Morgan fingerprint density at radius 3 is 0.833 bits per heavy atom. The number of carbonyl (C=O) groups excluding carboxylic acids is 6. The molecule has 0 radical (unpaired) electrons. The number of nitrogens with one attached hydrogen (secondary N) is 3. The number of hydrogen-bond acceptors (Lipinski definition) is 15. The van der Waals surface area contributed by atoms with Gasteiger partial charge in [0.15, 0.2) is 0 Å². The van der Waals surface area contributed by atoms with E-state index in [1.807, 2.05) is 0 Å². The lowest BCUT2D eigenvalue weighted by molar-refractivity contribution is -0.385. The Morgan fingerprint density at radius 2 is 0.667 bits per heavy atom. The van der Waals surface area contributed by atoms with Crippen LogP contribution in [0.5, 0.6) is 0 Å². The van der Waals surface area contributed by atoms with Crippen molar-refractivity contribution in [1.29, 1.82) is 0 Å². The van der Waals surface area contributed by atoms with Crippen LogP contribution in [0.1, 0.15) is 58.2 Å². The Kier molecular flexibility index (Phi) is 18.0. The van der Waals surface area contributed by atoms with Gasteiger partial charge < -0.3 is 30.2 Å². The van der Waals surface area contributed by atoms with Crippen LogP contribution in [-0.2, 0) is 62.8 Å². The van der Waals surface area contributed by atoms with Gasteiger partial charge in [-0.15, -0.1) is 0 Å². The summed E-state index contributed by atoms with van der Waals surface area (Å²) >= 11 is 0. The second-order valence-corrected chi connectivity index (χ2v) is 10.8. The van der Waals surface area contributed by atoms with Gasteiger partial charge in [-0.2, -0.15) is 0 Å². The summed E-state index contributed by atoms with van der Waals surface area (Å²) in [6.07, 6.45) is 0. The summed E-state index contributed by atoms with van der Waals surface area (Å²) in [7, 11) is 0. The molecule has 3 N–H and O–H groups in total. The molecule has 21 nitrogen and oxygen atoms in total. The van der Waals surface area contributed by atoms with Gasteiger partial charge in [0.25, 0.3) is 17.1 Å². The molecule has 0 aliphatic heterocycles. The third-order valence-electron chi connectivity index (χ3n) is 5.85. The summed E-state index contributed by atoms with van der Waals surface area (Å²) in [4.78, 5) is 95.1. The SMILES string of the molecule is CC(=O)Nc1cc(COC(C)=O)cc([N+](=O)[O-])c1.CC(=O)Nc1cc(COC(C)=O)cc([N+](=O)[O-])c1.CC(=O)Nc1cc(COC(C)=O)cc([N+](=O)[O-])c1. The summed E-state index contributed by atoms with van der Waals surface area (Å²) in [5.74, 6) is -2.47. The zero-order valence-electron chi connectivity index (χ0n) is 29.8. The molecule has 0 bridgehead atoms. The molecule has 3 amide bonds. The number of carbonyl (C=O) groups is 6. The molecule has 0 saturated heterocycles. The third-order valence-corrected chi connectivity index (χ3v) is 5.85. The van der Waals surface area contributed by atoms with Crippen molar-refractivity contribution < 1.29 is 57.7 Å². The van der Waals surface area contributed by atoms with Crippen LogP contribution in [0.2, 0.25) is 0 Å². The predicted octanol–water partition coefficient (Wildman–Crippen LogP) is 4.85. The van der Waals surface area contributed by atoms with Crippen LogP contribution in [-0.4, -0.2) is 50.4 Å². The standard InChI is InChI=1S/3C11H12N2O5/c3*1-7(14)12-10-3-9(6-18-8(2)15)4-11(5-10)13(16)17/h3*3-5H,6H2,1-2H3,(H,12,14). The van der Waals surface area contributed by atoms with Crippen LogP contribution < -0.4 is 16.0 Å². The number of nitro groups is 3. The Balaban J connectivity index is 0.000000405. The van der Waals surface area contributed by atoms with Crippen LogP contribution in [0.3, 0.4) is 0 Å². The summed E-state index contributed by atoms with van der Waals surface area (Å²) < 4.78 is 14.2. The third kappa shape index (κ3) is 18.6. The lowest BCUT2D eigenvalue weighted by Gasteiger charge is -2.06. The zero-order chi connectivity index (χ0) is 41.1. The van der Waals surface area contributed by atoms with Crippen molar-refractivity contribution in [1.82, 2.24) is 0 Å². The van der Waals surface area contributed by atoms with Crippen molar-refractivity contribution in [3.8, 4) is 0 Å². The first-order chi connectivity index (χ1) is 25.1. The number of amides is 3. The maximum Gasteiger partial charge on any atom is 0.302 e. The molecule has 3 aromatic carbocycles. The van der Waals surface area contributed by atoms with Crippen LogP contribution in [0, 0.1) is 30.3 Å². The van der Waals surface area contributed by atoms with Crippen LogP contribution in [0.25, 0.3) is 0 Å². The van der Waals surface area contributed by atoms with Gasteiger partial charge in [0, 0.05) is 95.0 Å². The maximum atomic E-state index is 10.9. The number of anilines is 3. The van der Waals surface area contributed by atoms with Crippen molar-refractivity contribution >= 4 is 69.8 Å². The fraction of sp³-hybridized carbons (Fsp3) is 0.273. The van der Waals surface area contributed by atoms with Gasteiger partial charge in [0.1, 0.15) is 19.8 Å². The van der Waals surface area contributed by atoms with Crippen LogP contribution in [0.4, 0.5) is 34.1 Å². The van der Waals surface area contributed by atoms with Gasteiger partial charge in [0.2, 0.25) is 17.7 Å². The predicted molar refractivity (Wildman–Crippen MR) is 189 cm³/mol. The quantitative estimate of drug-likeness (QED) is 0.0963. The molecule has 0 unspecified atom stereocenters. The molecule has 54 heavy (non-hydrogen) atoms. The van der Waals surface area contributed by atoms with E-state index < -0.39 is 32.7 Å². The van der Waals surface area contributed by atoms with E-state index in [0.717, 1.165) is 0 Å². The minimum atomic E-state index is -0.581. The van der Waals surface area contributed by atoms with Gasteiger partial charge >= 0.3 is 17.9 Å². The molecule has 0 aliphatic carbocycles. The monoisotopic (exact) mass is 756 g/mol. The fourth-order valence-electron chi connectivity index (χ4n) is 3.97. The van der Waals surface area contributed by atoms with Gasteiger partial charge in [-0.25, -0.2) is 0 Å². The summed E-state index contributed by atoms with van der Waals surface area (Å²) in [6.45, 7) is 7.38. The summed E-state index contributed by atoms with van der Waals surface area (Å²) in [5.41, 5.74) is 1.64. The molecule has 0 aliphatic rings. The maximum absolute atomic E-state index is 10.9. The Hall–Kier alpha value is -7.32. The highest BCUT2D eigenvalue weighted by Gasteiger charge is 2.14. The summed E-state index contributed by atoms with van der Waals surface area (Å²) in [6, 6.07) is 12.1. The van der Waals surface area contributed by atoms with Gasteiger partial charge in [-0.1, -0.05) is 0 Å². The smallest absolute Gasteiger partial charge is 0.302 e. The average Bonchev–Trinajstić information content (AvgIpc) is 3.04. The number of benzene rings is 3. The number of non-ortho nitro benzene ring substituents is 3. The molecule has 0 fully saturated rings. The Labute approximate surface area is 306 Å². The van der Waals surface area contributed by atoms with Crippen molar-refractivity contribution in [2.45, 2.75) is 61.4 Å². The molecule has 0 heterocycles. The Morgan fingerprint density at radius 1 is 0.444 bits per heavy atom. The number of ether oxygens (including phenoxy) is 3. The van der Waals surface area contributed by atoms with E-state index in [0.29, 0.717) is 33.8 Å². The van der Waals surface area contributed by atoms with E-state index in [4.69, 9.17) is 14.2 Å². The average molecular weight is 757 g/mol. The second-order valence-electron chi connectivity index (χ2n) is 10.8. The fourth-order valence-corrected chi connectivity index (χ4v) is 3.97. The highest BCUT2D eigenvalue weighted by Crippen LogP contribution is 2.24. The van der Waals surface area contributed by atoms with Crippen molar-refractivity contribution in [2.24, 2.45) is 0 Å². The van der Waals surface area contributed by atoms with Crippen LogP contribution in [0.15, 0.2) is 54.6 Å². The van der Waals surface area contributed by atoms with Gasteiger partial charge in [-0.05, 0) is 34.9 Å². The highest BCUT2D eigenvalue weighted by molar-refractivity contribution is 5.90. The minimum absolute atomic E-state index is 0.0798. The van der Waals surface area contributed by atoms with Crippen molar-refractivity contribution in [3.05, 3.63) is 102 Å². The zero-order valence-corrected chi connectivity index (χ0v) is 29.8. The normalized spacial score (nSPS) is 9.67.